The second-order valence-corrected chi connectivity index (χ2v) is 22.6. The number of ketones is 2. The third-order valence-electron chi connectivity index (χ3n) is 16.4. The lowest BCUT2D eigenvalue weighted by molar-refractivity contribution is -0.334. The highest BCUT2D eigenvalue weighted by molar-refractivity contribution is 6.11. The molecule has 25 nitrogen and oxygen atoms in total. The zero-order valence-electron chi connectivity index (χ0n) is 47.0. The van der Waals surface area contributed by atoms with Gasteiger partial charge in [0.15, 0.2) is 36.7 Å². The summed E-state index contributed by atoms with van der Waals surface area (Å²) in [6.07, 6.45) is -24.6. The van der Waals surface area contributed by atoms with Crippen LogP contribution >= 0.6 is 0 Å². The number of carbonyl (C=O) groups is 3. The largest absolute Gasteiger partial charge is 0.507 e. The molecule has 0 amide bonds. The highest BCUT2D eigenvalue weighted by Crippen LogP contribution is 2.48. The van der Waals surface area contributed by atoms with E-state index in [1.807, 2.05) is 0 Å². The summed E-state index contributed by atoms with van der Waals surface area (Å²) in [6.45, 7) is 13.7. The lowest BCUT2D eigenvalue weighted by atomic mass is 9.75. The number of hydrogen-bond acceptors (Lipinski definition) is 25. The van der Waals surface area contributed by atoms with Gasteiger partial charge in [-0.2, -0.15) is 0 Å². The number of methoxy groups -OCH3 is 1. The number of allylic oxidation sites excluding steroid dienone is 1. The number of carbonyl (C=O) groups excluding carboxylic acids is 3. The van der Waals surface area contributed by atoms with Gasteiger partial charge in [0.05, 0.1) is 71.5 Å². The topological polar surface area (TPSA) is 364 Å². The number of hydrogen-bond donors (Lipinski definition) is 10. The molecule has 0 spiro atoms. The van der Waals surface area contributed by atoms with E-state index in [0.29, 0.717) is 0 Å². The summed E-state index contributed by atoms with van der Waals surface area (Å²) in [4.78, 5) is 41.3. The Morgan fingerprint density at radius 3 is 1.70 bits per heavy atom. The molecule has 0 saturated carbocycles. The maximum Gasteiger partial charge on any atom is 0.330 e. The van der Waals surface area contributed by atoms with Gasteiger partial charge in [0.1, 0.15) is 72.2 Å². The number of aliphatic hydroxyl groups is 8. The van der Waals surface area contributed by atoms with Crippen molar-refractivity contribution in [2.45, 2.75) is 248 Å². The molecular weight excluding hydrogens is 1070 g/mol. The van der Waals surface area contributed by atoms with Gasteiger partial charge in [-0.15, -0.1) is 0 Å². The van der Waals surface area contributed by atoms with Crippen LogP contribution < -0.4 is 4.74 Å². The SMILES string of the molecule is CC=CC(=O)O[C@@H]1C[C@H](O[C@@H]2C[C@H](Oc3cc4cc5c(c(O)c4c(O)c3C)C(=O)[C@@H](O[C@H]3C[C@@H](O[C@H]4C[C@@H](O[C@H]6C[C@](C)(O)[C@H](O)C(C)O6)[C@@H](O)C(C)O4)[C@H](O)C(C)O3)[C@H]([C@H](OC)C(=O)[C@@H](O)[C@@H](C)O)C5)OC(C)[C@H]2O)OC(C)[C@H]1O. The molecule has 25 atom stereocenters. The van der Waals surface area contributed by atoms with Crippen LogP contribution in [-0.2, 0) is 68.1 Å². The van der Waals surface area contributed by atoms with E-state index in [0.717, 1.165) is 0 Å². The highest BCUT2D eigenvalue weighted by atomic mass is 16.7. The molecule has 2 aromatic carbocycles. The van der Waals surface area contributed by atoms with E-state index < -0.39 is 182 Å². The maximum atomic E-state index is 15.1. The Morgan fingerprint density at radius 1 is 0.704 bits per heavy atom. The number of fused-ring (bicyclic) bond motifs is 2. The number of phenols is 2. The van der Waals surface area contributed by atoms with Crippen LogP contribution in [0.3, 0.4) is 0 Å². The van der Waals surface area contributed by atoms with Crippen LogP contribution in [0.15, 0.2) is 24.3 Å². The second-order valence-electron chi connectivity index (χ2n) is 22.6. The lowest BCUT2D eigenvalue weighted by Crippen LogP contribution is -2.58. The summed E-state index contributed by atoms with van der Waals surface area (Å²) in [7, 11) is 1.18. The van der Waals surface area contributed by atoms with Gasteiger partial charge in [0.2, 0.25) is 6.29 Å². The molecule has 8 rings (SSSR count). The predicted octanol–water partition coefficient (Wildman–Crippen LogP) is 0.878. The lowest BCUT2D eigenvalue weighted by Gasteiger charge is -2.46. The van der Waals surface area contributed by atoms with Crippen molar-refractivity contribution in [2.75, 3.05) is 7.11 Å². The van der Waals surface area contributed by atoms with E-state index >= 15 is 4.79 Å². The normalized spacial score (nSPS) is 40.6. The number of Topliss-reactive ketones (excluding diaryl/α,β-unsaturated/α-hetero) is 2. The van der Waals surface area contributed by atoms with E-state index in [-0.39, 0.29) is 71.7 Å². The van der Waals surface area contributed by atoms with E-state index in [1.54, 1.807) is 34.6 Å². The van der Waals surface area contributed by atoms with Crippen molar-refractivity contribution >= 4 is 28.3 Å². The van der Waals surface area contributed by atoms with Crippen molar-refractivity contribution in [3.63, 3.8) is 0 Å². The quantitative estimate of drug-likeness (QED) is 0.0776. The summed E-state index contributed by atoms with van der Waals surface area (Å²) in [5.74, 6) is -4.80. The molecule has 454 valence electrons. The Bertz CT molecular complexity index is 2570. The summed E-state index contributed by atoms with van der Waals surface area (Å²) < 4.78 is 72.4. The zero-order chi connectivity index (χ0) is 59.3. The fraction of sp³-hybridized carbons (Fsp3) is 0.732. The molecule has 5 heterocycles. The van der Waals surface area contributed by atoms with Crippen LogP contribution in [0.25, 0.3) is 10.8 Å². The fourth-order valence-electron chi connectivity index (χ4n) is 11.8. The first-order valence-corrected chi connectivity index (χ1v) is 27.6. The van der Waals surface area contributed by atoms with Gasteiger partial charge < -0.3 is 108 Å². The van der Waals surface area contributed by atoms with Crippen LogP contribution in [0.1, 0.15) is 109 Å². The molecule has 5 unspecified atom stereocenters. The first kappa shape index (κ1) is 63.0. The van der Waals surface area contributed by atoms with Gasteiger partial charge in [-0.05, 0) is 91.8 Å². The predicted molar refractivity (Wildman–Crippen MR) is 277 cm³/mol. The first-order chi connectivity index (χ1) is 38.1. The molecule has 1 aliphatic carbocycles. The van der Waals surface area contributed by atoms with Gasteiger partial charge in [0.25, 0.3) is 0 Å². The zero-order valence-corrected chi connectivity index (χ0v) is 47.0. The van der Waals surface area contributed by atoms with Crippen LogP contribution in [0.4, 0.5) is 0 Å². The molecular formula is C56H80O25. The molecule has 0 radical (unpaired) electrons. The van der Waals surface area contributed by atoms with Crippen LogP contribution in [0.2, 0.25) is 0 Å². The number of aliphatic hydroxyl groups excluding tert-OH is 7. The van der Waals surface area contributed by atoms with Crippen molar-refractivity contribution in [1.82, 2.24) is 0 Å². The standard InChI is InChI=1S/C56H80O25/c1-11-12-36(58)76-32-16-38(72-23(4)46(32)61)78-33-17-37(71-24(5)47(33)62)77-31-15-29-13-28-14-30(53(70-10)52(67)45(60)22(3)57)54(51(66)43(28)50(65)42(29)44(59)21(31)2)81-40-19-34(48(63)26(7)74-40)79-39-18-35(49(64)25(6)73-39)80-41-20-56(9,69)55(68)27(8)75-41/h11-13,15,22-27,30,32-35,37-41,45-49,53-55,57,59-65,68-69H,14,16-20H2,1-10H3/t22-,23?,24?,25?,26?,27?,30+,32-,33-,34-,35-,37+,38+,39+,40+,41+,45+,46-,47-,48-,49+,53+,54+,55-,56+/m1/s1. The van der Waals surface area contributed by atoms with Crippen LogP contribution in [0.5, 0.6) is 17.2 Å². The first-order valence-electron chi connectivity index (χ1n) is 27.6. The van der Waals surface area contributed by atoms with Crippen molar-refractivity contribution in [3.8, 4) is 17.2 Å². The average molecular weight is 1150 g/mol. The number of benzene rings is 2. The highest BCUT2D eigenvalue weighted by Gasteiger charge is 2.52. The molecule has 5 saturated heterocycles. The van der Waals surface area contributed by atoms with Crippen LogP contribution in [0, 0.1) is 12.8 Å². The third-order valence-corrected chi connectivity index (χ3v) is 16.4. The van der Waals surface area contributed by atoms with Gasteiger partial charge in [-0.3, -0.25) is 9.59 Å². The summed E-state index contributed by atoms with van der Waals surface area (Å²) in [5.41, 5.74) is -1.52. The molecule has 6 aliphatic rings. The number of aromatic hydroxyl groups is 2. The maximum absolute atomic E-state index is 15.1. The average Bonchev–Trinajstić information content (AvgIpc) is 2.79. The number of rotatable bonds is 17. The third kappa shape index (κ3) is 13.4. The monoisotopic (exact) mass is 1150 g/mol. The number of phenolic OH excluding ortho intramolecular Hbond substituents is 2. The van der Waals surface area contributed by atoms with Crippen molar-refractivity contribution in [3.05, 3.63) is 41.0 Å². The summed E-state index contributed by atoms with van der Waals surface area (Å²) in [5, 5.41) is 111. The Kier molecular flexibility index (Phi) is 19.9. The van der Waals surface area contributed by atoms with Gasteiger partial charge in [-0.1, -0.05) is 6.08 Å². The smallest absolute Gasteiger partial charge is 0.330 e. The Hall–Kier alpha value is -4.07. The van der Waals surface area contributed by atoms with E-state index in [9.17, 15) is 60.7 Å². The molecule has 10 N–H and O–H groups in total. The molecule has 0 bridgehead atoms. The van der Waals surface area contributed by atoms with E-state index in [1.165, 1.54) is 59.1 Å². The van der Waals surface area contributed by atoms with E-state index in [4.69, 9.17) is 56.8 Å². The summed E-state index contributed by atoms with van der Waals surface area (Å²) >= 11 is 0. The molecule has 2 aromatic rings. The molecule has 81 heavy (non-hydrogen) atoms. The minimum atomic E-state index is -1.96. The van der Waals surface area contributed by atoms with Crippen molar-refractivity contribution in [2.24, 2.45) is 5.92 Å². The van der Waals surface area contributed by atoms with Gasteiger partial charge in [0, 0.05) is 56.8 Å². The Morgan fingerprint density at radius 2 is 1.19 bits per heavy atom. The second kappa shape index (κ2) is 25.6. The minimum absolute atomic E-state index is 0.0485. The minimum Gasteiger partial charge on any atom is -0.507 e. The molecule has 0 aromatic heterocycles. The van der Waals surface area contributed by atoms with E-state index in [2.05, 4.69) is 0 Å². The summed E-state index contributed by atoms with van der Waals surface area (Å²) in [6, 6.07) is 3.02. The van der Waals surface area contributed by atoms with Crippen molar-refractivity contribution in [1.29, 1.82) is 0 Å². The fourth-order valence-corrected chi connectivity index (χ4v) is 11.8. The molecule has 5 aliphatic heterocycles. The van der Waals surface area contributed by atoms with Crippen LogP contribution in [-0.4, -0.2) is 223 Å². The Labute approximate surface area is 468 Å². The number of ether oxygens (including phenoxy) is 12. The molecule has 25 heteroatoms. The molecule has 5 fully saturated rings. The number of esters is 1. The van der Waals surface area contributed by atoms with Gasteiger partial charge >= 0.3 is 5.97 Å². The Balaban J connectivity index is 1.03. The van der Waals surface area contributed by atoms with Gasteiger partial charge in [-0.25, -0.2) is 4.79 Å². The van der Waals surface area contributed by atoms with Crippen molar-refractivity contribution < 1.29 is 122 Å².